The van der Waals surface area contributed by atoms with Crippen LogP contribution in [-0.4, -0.2) is 53.3 Å². The summed E-state index contributed by atoms with van der Waals surface area (Å²) in [5, 5.41) is 12.3. The summed E-state index contributed by atoms with van der Waals surface area (Å²) in [5.41, 5.74) is -0.819. The molecule has 2 bridgehead atoms. The molecule has 3 aliphatic heterocycles. The third-order valence-corrected chi connectivity index (χ3v) is 4.91. The lowest BCUT2D eigenvalue weighted by atomic mass is 9.82. The number of amides is 2. The Labute approximate surface area is 118 Å². The van der Waals surface area contributed by atoms with Crippen molar-refractivity contribution in [3.63, 3.8) is 0 Å². The van der Waals surface area contributed by atoms with Gasteiger partial charge in [0.1, 0.15) is 0 Å². The van der Waals surface area contributed by atoms with Crippen LogP contribution < -0.4 is 5.32 Å². The summed E-state index contributed by atoms with van der Waals surface area (Å²) in [7, 11) is 0. The number of carbonyl (C=O) groups is 2. The van der Waals surface area contributed by atoms with Crippen molar-refractivity contribution in [2.45, 2.75) is 57.3 Å². The van der Waals surface area contributed by atoms with Gasteiger partial charge in [-0.25, -0.2) is 4.79 Å². The number of rotatable bonds is 2. The molecule has 0 radical (unpaired) electrons. The van der Waals surface area contributed by atoms with Crippen molar-refractivity contribution < 1.29 is 19.4 Å². The minimum Gasteiger partial charge on any atom is -0.481 e. The summed E-state index contributed by atoms with van der Waals surface area (Å²) in [6.07, 6.45) is 4.82. The largest absolute Gasteiger partial charge is 0.481 e. The van der Waals surface area contributed by atoms with Gasteiger partial charge in [-0.15, -0.1) is 0 Å². The lowest BCUT2D eigenvalue weighted by Gasteiger charge is -2.38. The normalized spacial score (nSPS) is 39.9. The number of fused-ring (bicyclic) bond motifs is 2. The molecule has 2 amide bonds. The van der Waals surface area contributed by atoms with E-state index in [0.717, 1.165) is 25.7 Å². The van der Waals surface area contributed by atoms with E-state index in [2.05, 4.69) is 5.32 Å². The average molecular weight is 282 g/mol. The highest BCUT2D eigenvalue weighted by Crippen LogP contribution is 2.35. The van der Waals surface area contributed by atoms with Crippen LogP contribution in [0, 0.1) is 5.41 Å². The van der Waals surface area contributed by atoms with Gasteiger partial charge in [-0.3, -0.25) is 4.79 Å². The van der Waals surface area contributed by atoms with Crippen molar-refractivity contribution in [3.8, 4) is 0 Å². The third kappa shape index (κ3) is 2.37. The van der Waals surface area contributed by atoms with Crippen LogP contribution in [0.3, 0.4) is 0 Å². The van der Waals surface area contributed by atoms with E-state index in [4.69, 9.17) is 4.74 Å². The fourth-order valence-electron chi connectivity index (χ4n) is 3.63. The molecule has 4 atom stereocenters. The van der Waals surface area contributed by atoms with Gasteiger partial charge < -0.3 is 20.1 Å². The minimum absolute atomic E-state index is 0.0965. The van der Waals surface area contributed by atoms with Gasteiger partial charge in [-0.05, 0) is 39.0 Å². The van der Waals surface area contributed by atoms with Gasteiger partial charge in [0, 0.05) is 13.1 Å². The number of carboxylic acid groups (broad SMARTS) is 1. The average Bonchev–Trinajstić information content (AvgIpc) is 3.01. The molecule has 112 valence electrons. The van der Waals surface area contributed by atoms with Crippen molar-refractivity contribution in [1.29, 1.82) is 0 Å². The molecule has 0 aromatic carbocycles. The van der Waals surface area contributed by atoms with Crippen LogP contribution in [0.4, 0.5) is 4.79 Å². The lowest BCUT2D eigenvalue weighted by molar-refractivity contribution is -0.150. The molecule has 0 aliphatic carbocycles. The second kappa shape index (κ2) is 4.91. The van der Waals surface area contributed by atoms with Crippen LogP contribution in [0.1, 0.15) is 39.0 Å². The standard InChI is InChI=1S/C14H22N2O4/c1-14(12(17)18)5-2-6-16(8-14)13(19)15-10-7-9-3-4-11(10)20-9/h9-11H,2-8H2,1H3,(H,15,19)(H,17,18). The number of hydrogen-bond donors (Lipinski definition) is 2. The number of piperidine rings is 1. The van der Waals surface area contributed by atoms with Crippen molar-refractivity contribution in [1.82, 2.24) is 10.2 Å². The highest BCUT2D eigenvalue weighted by Gasteiger charge is 2.43. The summed E-state index contributed by atoms with van der Waals surface area (Å²) in [4.78, 5) is 25.3. The summed E-state index contributed by atoms with van der Waals surface area (Å²) < 4.78 is 5.72. The maximum atomic E-state index is 12.3. The SMILES string of the molecule is CC1(C(=O)O)CCCN(C(=O)NC2CC3CCC2O3)C1. The van der Waals surface area contributed by atoms with E-state index in [-0.39, 0.29) is 24.7 Å². The Kier molecular flexibility index (Phi) is 3.36. The fourth-order valence-corrected chi connectivity index (χ4v) is 3.63. The van der Waals surface area contributed by atoms with Gasteiger partial charge in [-0.2, -0.15) is 0 Å². The Bertz CT molecular complexity index is 427. The third-order valence-electron chi connectivity index (χ3n) is 4.91. The van der Waals surface area contributed by atoms with Crippen LogP contribution in [0.25, 0.3) is 0 Å². The molecule has 6 heteroatoms. The molecule has 0 spiro atoms. The Morgan fingerprint density at radius 1 is 1.40 bits per heavy atom. The second-order valence-electron chi connectivity index (χ2n) is 6.56. The molecule has 4 unspecified atom stereocenters. The molecule has 2 N–H and O–H groups in total. The predicted molar refractivity (Wildman–Crippen MR) is 71.4 cm³/mol. The van der Waals surface area contributed by atoms with E-state index < -0.39 is 11.4 Å². The molecule has 0 aromatic rings. The zero-order valence-electron chi connectivity index (χ0n) is 11.8. The fraction of sp³-hybridized carbons (Fsp3) is 0.857. The number of nitrogens with one attached hydrogen (secondary N) is 1. The topological polar surface area (TPSA) is 78.9 Å². The first-order valence-corrected chi connectivity index (χ1v) is 7.42. The Morgan fingerprint density at radius 2 is 2.20 bits per heavy atom. The van der Waals surface area contributed by atoms with E-state index in [1.807, 2.05) is 0 Å². The molecular formula is C14H22N2O4. The first-order chi connectivity index (χ1) is 9.48. The second-order valence-corrected chi connectivity index (χ2v) is 6.56. The summed E-state index contributed by atoms with van der Waals surface area (Å²) in [6.45, 7) is 2.64. The number of urea groups is 1. The number of carbonyl (C=O) groups excluding carboxylic acids is 1. The Hall–Kier alpha value is -1.30. The van der Waals surface area contributed by atoms with Crippen LogP contribution in [0.15, 0.2) is 0 Å². The van der Waals surface area contributed by atoms with Crippen LogP contribution in [-0.2, 0) is 9.53 Å². The zero-order chi connectivity index (χ0) is 14.3. The van der Waals surface area contributed by atoms with Gasteiger partial charge in [0.15, 0.2) is 0 Å². The predicted octanol–water partition coefficient (Wildman–Crippen LogP) is 1.20. The number of likely N-dealkylation sites (tertiary alicyclic amines) is 1. The van der Waals surface area contributed by atoms with Crippen LogP contribution in [0.2, 0.25) is 0 Å². The van der Waals surface area contributed by atoms with E-state index in [1.165, 1.54) is 0 Å². The maximum absolute atomic E-state index is 12.3. The van der Waals surface area contributed by atoms with E-state index in [0.29, 0.717) is 19.1 Å². The molecular weight excluding hydrogens is 260 g/mol. The van der Waals surface area contributed by atoms with Crippen molar-refractivity contribution >= 4 is 12.0 Å². The van der Waals surface area contributed by atoms with Gasteiger partial charge in [-0.1, -0.05) is 0 Å². The number of nitrogens with zero attached hydrogens (tertiary/aromatic N) is 1. The minimum atomic E-state index is -0.821. The van der Waals surface area contributed by atoms with E-state index in [1.54, 1.807) is 11.8 Å². The quantitative estimate of drug-likeness (QED) is 0.797. The highest BCUT2D eigenvalue weighted by atomic mass is 16.5. The molecule has 3 aliphatic rings. The van der Waals surface area contributed by atoms with E-state index in [9.17, 15) is 14.7 Å². The molecule has 3 heterocycles. The molecule has 0 aromatic heterocycles. The number of hydrogen-bond acceptors (Lipinski definition) is 3. The molecule has 3 saturated heterocycles. The highest BCUT2D eigenvalue weighted by molar-refractivity contribution is 5.78. The van der Waals surface area contributed by atoms with Crippen molar-refractivity contribution in [2.75, 3.05) is 13.1 Å². The molecule has 3 fully saturated rings. The first-order valence-electron chi connectivity index (χ1n) is 7.42. The smallest absolute Gasteiger partial charge is 0.317 e. The summed E-state index contributed by atoms with van der Waals surface area (Å²) >= 11 is 0. The van der Waals surface area contributed by atoms with Gasteiger partial charge in [0.25, 0.3) is 0 Å². The molecule has 0 saturated carbocycles. The van der Waals surface area contributed by atoms with Crippen molar-refractivity contribution in [2.24, 2.45) is 5.41 Å². The Morgan fingerprint density at radius 3 is 2.80 bits per heavy atom. The first kappa shape index (κ1) is 13.7. The lowest BCUT2D eigenvalue weighted by Crippen LogP contribution is -2.54. The molecule has 6 nitrogen and oxygen atoms in total. The summed E-state index contributed by atoms with van der Waals surface area (Å²) in [6, 6.07) is -0.0439. The maximum Gasteiger partial charge on any atom is 0.317 e. The Balaban J connectivity index is 1.58. The summed E-state index contributed by atoms with van der Waals surface area (Å²) in [5.74, 6) is -0.821. The monoisotopic (exact) mass is 282 g/mol. The van der Waals surface area contributed by atoms with Crippen LogP contribution in [0.5, 0.6) is 0 Å². The van der Waals surface area contributed by atoms with Gasteiger partial charge in [0.2, 0.25) is 0 Å². The van der Waals surface area contributed by atoms with Crippen molar-refractivity contribution in [3.05, 3.63) is 0 Å². The number of aliphatic carboxylic acids is 1. The molecule has 3 rings (SSSR count). The van der Waals surface area contributed by atoms with Crippen LogP contribution >= 0.6 is 0 Å². The van der Waals surface area contributed by atoms with Gasteiger partial charge >= 0.3 is 12.0 Å². The van der Waals surface area contributed by atoms with E-state index >= 15 is 0 Å². The number of carboxylic acids is 1. The number of ether oxygens (including phenoxy) is 1. The zero-order valence-corrected chi connectivity index (χ0v) is 11.8. The molecule has 20 heavy (non-hydrogen) atoms. The van der Waals surface area contributed by atoms with Gasteiger partial charge in [0.05, 0.1) is 23.7 Å².